The lowest BCUT2D eigenvalue weighted by Crippen LogP contribution is -2.23. The zero-order valence-electron chi connectivity index (χ0n) is 11.1. The number of aromatic nitrogens is 2. The number of aliphatic hydroxyl groups is 1. The number of hydrogen-bond donors (Lipinski definition) is 3. The molecule has 5 nitrogen and oxygen atoms in total. The molecule has 0 fully saturated rings. The van der Waals surface area contributed by atoms with Crippen LogP contribution in [-0.4, -0.2) is 27.8 Å². The Morgan fingerprint density at radius 3 is 2.95 bits per heavy atom. The second-order valence-electron chi connectivity index (χ2n) is 4.21. The van der Waals surface area contributed by atoms with Crippen molar-refractivity contribution >= 4 is 5.91 Å². The van der Waals surface area contributed by atoms with Crippen LogP contribution in [0.15, 0.2) is 30.5 Å². The van der Waals surface area contributed by atoms with E-state index in [0.717, 1.165) is 11.3 Å². The summed E-state index contributed by atoms with van der Waals surface area (Å²) in [5.74, 6) is 5.12. The number of H-pyrrole nitrogens is 1. The third kappa shape index (κ3) is 3.25. The summed E-state index contributed by atoms with van der Waals surface area (Å²) in [7, 11) is 0. The SMILES string of the molecule is Cc1[nH]ncc1CNC(=O)c1ccccc1C#CCO. The molecule has 0 aliphatic rings. The van der Waals surface area contributed by atoms with Crippen LogP contribution in [0.5, 0.6) is 0 Å². The van der Waals surface area contributed by atoms with Crippen molar-refractivity contribution in [3.05, 3.63) is 52.8 Å². The third-order valence-corrected chi connectivity index (χ3v) is 2.85. The van der Waals surface area contributed by atoms with E-state index in [1.54, 1.807) is 30.5 Å². The van der Waals surface area contributed by atoms with E-state index in [-0.39, 0.29) is 12.5 Å². The van der Waals surface area contributed by atoms with Crippen LogP contribution in [0.25, 0.3) is 0 Å². The van der Waals surface area contributed by atoms with Crippen molar-refractivity contribution < 1.29 is 9.90 Å². The molecule has 1 heterocycles. The first-order valence-electron chi connectivity index (χ1n) is 6.18. The molecule has 0 unspecified atom stereocenters. The van der Waals surface area contributed by atoms with E-state index in [0.29, 0.717) is 17.7 Å². The number of aromatic amines is 1. The lowest BCUT2D eigenvalue weighted by Gasteiger charge is -2.06. The van der Waals surface area contributed by atoms with Gasteiger partial charge in [0.2, 0.25) is 0 Å². The van der Waals surface area contributed by atoms with Crippen molar-refractivity contribution in [2.24, 2.45) is 0 Å². The number of nitrogens with zero attached hydrogens (tertiary/aromatic N) is 1. The molecule has 3 N–H and O–H groups in total. The molecule has 0 aliphatic carbocycles. The molecule has 0 saturated carbocycles. The summed E-state index contributed by atoms with van der Waals surface area (Å²) in [5.41, 5.74) is 2.97. The van der Waals surface area contributed by atoms with Crippen LogP contribution in [0.3, 0.4) is 0 Å². The van der Waals surface area contributed by atoms with Crippen LogP contribution < -0.4 is 5.32 Å². The highest BCUT2D eigenvalue weighted by molar-refractivity contribution is 5.96. The van der Waals surface area contributed by atoms with Gasteiger partial charge in [0.1, 0.15) is 6.61 Å². The number of aliphatic hydroxyl groups excluding tert-OH is 1. The fourth-order valence-corrected chi connectivity index (χ4v) is 1.75. The monoisotopic (exact) mass is 269 g/mol. The molecule has 1 aromatic heterocycles. The highest BCUT2D eigenvalue weighted by Crippen LogP contribution is 2.08. The predicted octanol–water partition coefficient (Wildman–Crippen LogP) is 0.992. The first-order valence-corrected chi connectivity index (χ1v) is 6.18. The summed E-state index contributed by atoms with van der Waals surface area (Å²) >= 11 is 0. The zero-order chi connectivity index (χ0) is 14.4. The van der Waals surface area contributed by atoms with Crippen LogP contribution in [-0.2, 0) is 6.54 Å². The lowest BCUT2D eigenvalue weighted by molar-refractivity contribution is 0.0950. The van der Waals surface area contributed by atoms with E-state index in [4.69, 9.17) is 5.11 Å². The normalized spacial score (nSPS) is 9.70. The maximum absolute atomic E-state index is 12.2. The second-order valence-corrected chi connectivity index (χ2v) is 4.21. The van der Waals surface area contributed by atoms with Gasteiger partial charge in [-0.05, 0) is 19.1 Å². The number of aryl methyl sites for hydroxylation is 1. The highest BCUT2D eigenvalue weighted by atomic mass is 16.2. The Bertz CT molecular complexity index is 665. The van der Waals surface area contributed by atoms with Gasteiger partial charge in [0.15, 0.2) is 0 Å². The molecule has 0 radical (unpaired) electrons. The van der Waals surface area contributed by atoms with Crippen LogP contribution in [0.2, 0.25) is 0 Å². The molecule has 0 bridgehead atoms. The molecule has 0 aliphatic heterocycles. The van der Waals surface area contributed by atoms with E-state index in [9.17, 15) is 4.79 Å². The van der Waals surface area contributed by atoms with Crippen molar-refractivity contribution in [1.29, 1.82) is 0 Å². The number of hydrogen-bond acceptors (Lipinski definition) is 3. The smallest absolute Gasteiger partial charge is 0.252 e. The van der Waals surface area contributed by atoms with Crippen molar-refractivity contribution in [1.82, 2.24) is 15.5 Å². The van der Waals surface area contributed by atoms with E-state index in [1.807, 2.05) is 6.92 Å². The Labute approximate surface area is 117 Å². The average molecular weight is 269 g/mol. The quantitative estimate of drug-likeness (QED) is 0.727. The fourth-order valence-electron chi connectivity index (χ4n) is 1.75. The number of nitrogens with one attached hydrogen (secondary N) is 2. The van der Waals surface area contributed by atoms with E-state index in [2.05, 4.69) is 27.4 Å². The van der Waals surface area contributed by atoms with Gasteiger partial charge in [0.25, 0.3) is 5.91 Å². The molecule has 0 atom stereocenters. The van der Waals surface area contributed by atoms with Crippen molar-refractivity contribution in [2.45, 2.75) is 13.5 Å². The van der Waals surface area contributed by atoms with Gasteiger partial charge in [-0.2, -0.15) is 5.10 Å². The average Bonchev–Trinajstić information content (AvgIpc) is 2.88. The lowest BCUT2D eigenvalue weighted by atomic mass is 10.1. The minimum atomic E-state index is -0.232. The summed E-state index contributed by atoms with van der Waals surface area (Å²) in [5, 5.41) is 18.3. The molecule has 1 aromatic carbocycles. The van der Waals surface area contributed by atoms with E-state index < -0.39 is 0 Å². The number of carbonyl (C=O) groups is 1. The van der Waals surface area contributed by atoms with Crippen LogP contribution in [0.4, 0.5) is 0 Å². The molecule has 2 rings (SSSR count). The molecular formula is C15H15N3O2. The maximum atomic E-state index is 12.2. The first-order chi connectivity index (χ1) is 9.72. The minimum absolute atomic E-state index is 0.201. The molecule has 102 valence electrons. The second kappa shape index (κ2) is 6.55. The minimum Gasteiger partial charge on any atom is -0.384 e. The summed E-state index contributed by atoms with van der Waals surface area (Å²) in [6.07, 6.45) is 1.69. The molecule has 2 aromatic rings. The van der Waals surface area contributed by atoms with Gasteiger partial charge in [-0.25, -0.2) is 0 Å². The Morgan fingerprint density at radius 2 is 2.25 bits per heavy atom. The van der Waals surface area contributed by atoms with Gasteiger partial charge in [-0.1, -0.05) is 24.0 Å². The first kappa shape index (κ1) is 13.8. The van der Waals surface area contributed by atoms with Crippen LogP contribution in [0.1, 0.15) is 27.2 Å². The van der Waals surface area contributed by atoms with Gasteiger partial charge in [0, 0.05) is 23.4 Å². The number of benzene rings is 1. The standard InChI is InChI=1S/C15H15N3O2/c1-11-13(10-17-18-11)9-16-15(20)14-7-3-2-5-12(14)6-4-8-19/h2-3,5,7,10,19H,8-9H2,1H3,(H,16,20)(H,17,18). The third-order valence-electron chi connectivity index (χ3n) is 2.85. The number of carbonyl (C=O) groups excluding carboxylic acids is 1. The number of rotatable bonds is 3. The number of amides is 1. The largest absolute Gasteiger partial charge is 0.384 e. The molecule has 0 spiro atoms. The van der Waals surface area contributed by atoms with Gasteiger partial charge < -0.3 is 10.4 Å². The topological polar surface area (TPSA) is 78.0 Å². The summed E-state index contributed by atoms with van der Waals surface area (Å²) in [6.45, 7) is 2.07. The van der Waals surface area contributed by atoms with Gasteiger partial charge >= 0.3 is 0 Å². The Kier molecular flexibility index (Phi) is 4.53. The predicted molar refractivity (Wildman–Crippen MR) is 74.9 cm³/mol. The van der Waals surface area contributed by atoms with Crippen molar-refractivity contribution in [3.63, 3.8) is 0 Å². The molecular weight excluding hydrogens is 254 g/mol. The Morgan fingerprint density at radius 1 is 1.45 bits per heavy atom. The Balaban J connectivity index is 2.11. The van der Waals surface area contributed by atoms with Gasteiger partial charge in [-0.3, -0.25) is 9.89 Å². The Hall–Kier alpha value is -2.58. The highest BCUT2D eigenvalue weighted by Gasteiger charge is 2.10. The zero-order valence-corrected chi connectivity index (χ0v) is 11.1. The van der Waals surface area contributed by atoms with E-state index in [1.165, 1.54) is 0 Å². The van der Waals surface area contributed by atoms with Crippen molar-refractivity contribution in [3.8, 4) is 11.8 Å². The van der Waals surface area contributed by atoms with E-state index >= 15 is 0 Å². The summed E-state index contributed by atoms with van der Waals surface area (Å²) < 4.78 is 0. The van der Waals surface area contributed by atoms with Crippen LogP contribution in [0, 0.1) is 18.8 Å². The fraction of sp³-hybridized carbons (Fsp3) is 0.200. The summed E-state index contributed by atoms with van der Waals surface area (Å²) in [6, 6.07) is 7.04. The molecule has 0 saturated heterocycles. The van der Waals surface area contributed by atoms with Gasteiger partial charge in [-0.15, -0.1) is 0 Å². The molecule has 1 amide bonds. The molecule has 5 heteroatoms. The van der Waals surface area contributed by atoms with Crippen molar-refractivity contribution in [2.75, 3.05) is 6.61 Å². The summed E-state index contributed by atoms with van der Waals surface area (Å²) in [4.78, 5) is 12.2. The maximum Gasteiger partial charge on any atom is 0.252 e. The van der Waals surface area contributed by atoms with Gasteiger partial charge in [0.05, 0.1) is 11.8 Å². The van der Waals surface area contributed by atoms with Crippen LogP contribution >= 0.6 is 0 Å². The molecule has 20 heavy (non-hydrogen) atoms.